The average molecular weight is 397 g/mol. The number of hydrogen-bond acceptors (Lipinski definition) is 7. The zero-order chi connectivity index (χ0) is 21.3. The maximum atomic E-state index is 11.7. The molecule has 1 amide bonds. The van der Waals surface area contributed by atoms with Gasteiger partial charge in [0.1, 0.15) is 17.1 Å². The monoisotopic (exact) mass is 397 g/mol. The summed E-state index contributed by atoms with van der Waals surface area (Å²) >= 11 is 0. The van der Waals surface area contributed by atoms with Gasteiger partial charge in [0.25, 0.3) is 5.69 Å². The van der Waals surface area contributed by atoms with Gasteiger partial charge in [0.05, 0.1) is 23.3 Å². The minimum atomic E-state index is -0.600. The van der Waals surface area contributed by atoms with Crippen LogP contribution in [0, 0.1) is 17.0 Å². The Labute approximate surface area is 166 Å². The van der Waals surface area contributed by atoms with Crippen molar-refractivity contribution in [3.8, 4) is 28.4 Å². The average Bonchev–Trinajstić information content (AvgIpc) is 3.00. The van der Waals surface area contributed by atoms with Crippen molar-refractivity contribution >= 4 is 17.3 Å². The van der Waals surface area contributed by atoms with Crippen LogP contribution in [0.5, 0.6) is 5.75 Å². The Morgan fingerprint density at radius 2 is 2.10 bits per heavy atom. The third-order valence-corrected chi connectivity index (χ3v) is 4.53. The molecule has 2 heterocycles. The van der Waals surface area contributed by atoms with Crippen molar-refractivity contribution in [1.82, 2.24) is 14.7 Å². The van der Waals surface area contributed by atoms with Crippen LogP contribution in [0.3, 0.4) is 0 Å². The zero-order valence-corrected chi connectivity index (χ0v) is 16.3. The maximum Gasteiger partial charge on any atom is 0.293 e. The third-order valence-electron chi connectivity index (χ3n) is 4.53. The summed E-state index contributed by atoms with van der Waals surface area (Å²) in [6, 6.07) is 6.09. The van der Waals surface area contributed by atoms with Crippen LogP contribution in [-0.4, -0.2) is 44.9 Å². The van der Waals surface area contributed by atoms with Crippen LogP contribution in [-0.2, 0) is 4.79 Å². The lowest BCUT2D eigenvalue weighted by molar-refractivity contribution is -0.384. The molecule has 0 atom stereocenters. The molecule has 0 saturated heterocycles. The summed E-state index contributed by atoms with van der Waals surface area (Å²) < 4.78 is 6.23. The first-order valence-electron chi connectivity index (χ1n) is 8.56. The molecule has 150 valence electrons. The molecule has 0 aliphatic rings. The number of methoxy groups -OCH3 is 1. The molecule has 0 unspecified atom stereocenters. The molecule has 0 bridgehead atoms. The van der Waals surface area contributed by atoms with E-state index in [0.717, 1.165) is 9.63 Å². The number of nitro groups is 1. The van der Waals surface area contributed by atoms with Gasteiger partial charge in [0.2, 0.25) is 5.91 Å². The van der Waals surface area contributed by atoms with Gasteiger partial charge >= 0.3 is 0 Å². The Morgan fingerprint density at radius 1 is 1.38 bits per heavy atom. The van der Waals surface area contributed by atoms with E-state index >= 15 is 0 Å². The summed E-state index contributed by atoms with van der Waals surface area (Å²) in [6.07, 6.45) is 3.18. The molecular weight excluding hydrogens is 378 g/mol. The van der Waals surface area contributed by atoms with E-state index in [1.165, 1.54) is 33.2 Å². The van der Waals surface area contributed by atoms with E-state index in [1.54, 1.807) is 31.5 Å². The second-order valence-corrected chi connectivity index (χ2v) is 6.30. The van der Waals surface area contributed by atoms with E-state index in [2.05, 4.69) is 9.97 Å². The molecule has 3 aromatic rings. The number of rotatable bonds is 5. The van der Waals surface area contributed by atoms with E-state index in [4.69, 9.17) is 4.74 Å². The first-order valence-corrected chi connectivity index (χ1v) is 8.56. The maximum absolute atomic E-state index is 11.7. The van der Waals surface area contributed by atoms with Gasteiger partial charge in [-0.3, -0.25) is 19.9 Å². The highest BCUT2D eigenvalue weighted by Gasteiger charge is 2.27. The number of benzene rings is 1. The number of aryl methyl sites for hydroxylation is 1. The molecule has 0 spiro atoms. The Kier molecular flexibility index (Phi) is 5.18. The fourth-order valence-electron chi connectivity index (χ4n) is 3.01. The van der Waals surface area contributed by atoms with E-state index in [-0.39, 0.29) is 34.4 Å². The molecule has 0 aliphatic carbocycles. The minimum Gasteiger partial charge on any atom is -0.496 e. The largest absolute Gasteiger partial charge is 0.496 e. The predicted octanol–water partition coefficient (Wildman–Crippen LogP) is 3.06. The van der Waals surface area contributed by atoms with Crippen LogP contribution in [0.25, 0.3) is 22.6 Å². The fourth-order valence-corrected chi connectivity index (χ4v) is 3.01. The molecular formula is C19H19N5O5. The molecule has 0 aliphatic heterocycles. The molecule has 10 heteroatoms. The summed E-state index contributed by atoms with van der Waals surface area (Å²) in [5, 5.41) is 22.4. The third kappa shape index (κ3) is 3.47. The molecule has 0 saturated carbocycles. The summed E-state index contributed by atoms with van der Waals surface area (Å²) in [5.41, 5.74) is 1.51. The molecule has 2 aromatic heterocycles. The second kappa shape index (κ2) is 7.58. The minimum absolute atomic E-state index is 0.0679. The van der Waals surface area contributed by atoms with E-state index in [1.807, 2.05) is 0 Å². The highest BCUT2D eigenvalue weighted by molar-refractivity contribution is 5.95. The highest BCUT2D eigenvalue weighted by Crippen LogP contribution is 2.41. The van der Waals surface area contributed by atoms with Gasteiger partial charge in [0, 0.05) is 44.1 Å². The molecule has 0 fully saturated rings. The Hall–Kier alpha value is -3.95. The number of hydrogen-bond donors (Lipinski definition) is 1. The topological polar surface area (TPSA) is 124 Å². The smallest absolute Gasteiger partial charge is 0.293 e. The number of imidazole rings is 1. The molecule has 0 radical (unpaired) electrons. The van der Waals surface area contributed by atoms with Gasteiger partial charge in [-0.15, -0.1) is 0 Å². The lowest BCUT2D eigenvalue weighted by Gasteiger charge is -2.17. The number of carbonyl (C=O) groups is 1. The zero-order valence-electron chi connectivity index (χ0n) is 16.3. The van der Waals surface area contributed by atoms with Crippen molar-refractivity contribution < 1.29 is 19.7 Å². The Morgan fingerprint density at radius 3 is 2.66 bits per heavy atom. The molecule has 1 N–H and O–H groups in total. The summed E-state index contributed by atoms with van der Waals surface area (Å²) in [4.78, 5) is 32.3. The van der Waals surface area contributed by atoms with E-state index < -0.39 is 4.92 Å². The molecule has 29 heavy (non-hydrogen) atoms. The van der Waals surface area contributed by atoms with Crippen molar-refractivity contribution in [3.05, 3.63) is 52.5 Å². The van der Waals surface area contributed by atoms with Gasteiger partial charge in [0.15, 0.2) is 5.82 Å². The standard InChI is InChI=1S/C19H19N5O5/c1-11-18(13-6-5-7-20-10-13)23(26)19(21-11)14-8-16(24(27)28)15(9-17(14)29-4)22(3)12(2)25/h5-10,26H,1-4H3. The first kappa shape index (κ1) is 19.8. The summed E-state index contributed by atoms with van der Waals surface area (Å²) in [7, 11) is 2.82. The number of amides is 1. The van der Waals surface area contributed by atoms with Crippen molar-refractivity contribution in [2.24, 2.45) is 0 Å². The summed E-state index contributed by atoms with van der Waals surface area (Å²) in [6.45, 7) is 3.01. The van der Waals surface area contributed by atoms with Gasteiger partial charge in [-0.2, -0.15) is 4.73 Å². The van der Waals surface area contributed by atoms with Crippen LogP contribution in [0.2, 0.25) is 0 Å². The lowest BCUT2D eigenvalue weighted by atomic mass is 10.1. The van der Waals surface area contributed by atoms with Crippen LogP contribution < -0.4 is 9.64 Å². The Bertz CT molecular complexity index is 1090. The number of ether oxygens (including phenoxy) is 1. The van der Waals surface area contributed by atoms with Crippen molar-refractivity contribution in [3.63, 3.8) is 0 Å². The van der Waals surface area contributed by atoms with Crippen LogP contribution in [0.4, 0.5) is 11.4 Å². The molecule has 1 aromatic carbocycles. The van der Waals surface area contributed by atoms with Crippen molar-refractivity contribution in [2.75, 3.05) is 19.1 Å². The van der Waals surface area contributed by atoms with Gasteiger partial charge in [-0.25, -0.2) is 4.98 Å². The molecule has 3 rings (SSSR count). The SMILES string of the molecule is COc1cc(N(C)C(C)=O)c([N+](=O)[O-])cc1-c1nc(C)c(-c2cccnc2)n1O. The number of anilines is 1. The lowest BCUT2D eigenvalue weighted by Crippen LogP contribution is -2.23. The quantitative estimate of drug-likeness (QED) is 0.399. The number of aromatic nitrogens is 3. The first-order chi connectivity index (χ1) is 13.8. The van der Waals surface area contributed by atoms with Gasteiger partial charge in [-0.05, 0) is 19.1 Å². The van der Waals surface area contributed by atoms with Crippen molar-refractivity contribution in [1.29, 1.82) is 0 Å². The highest BCUT2D eigenvalue weighted by atomic mass is 16.6. The van der Waals surface area contributed by atoms with Crippen molar-refractivity contribution in [2.45, 2.75) is 13.8 Å². The Balaban J connectivity index is 2.26. The second-order valence-electron chi connectivity index (χ2n) is 6.30. The van der Waals surface area contributed by atoms with Crippen LogP contribution in [0.15, 0.2) is 36.7 Å². The number of carbonyl (C=O) groups excluding carboxylic acids is 1. The van der Waals surface area contributed by atoms with Crippen LogP contribution in [0.1, 0.15) is 12.6 Å². The normalized spacial score (nSPS) is 10.6. The summed E-state index contributed by atoms with van der Waals surface area (Å²) in [5.74, 6) is -0.0867. The molecule has 10 nitrogen and oxygen atoms in total. The number of nitrogens with zero attached hydrogens (tertiary/aromatic N) is 5. The number of pyridine rings is 1. The van der Waals surface area contributed by atoms with Gasteiger partial charge < -0.3 is 14.8 Å². The number of nitro benzene ring substituents is 1. The van der Waals surface area contributed by atoms with E-state index in [9.17, 15) is 20.1 Å². The van der Waals surface area contributed by atoms with Gasteiger partial charge in [-0.1, -0.05) is 0 Å². The predicted molar refractivity (Wildman–Crippen MR) is 105 cm³/mol. The van der Waals surface area contributed by atoms with E-state index in [0.29, 0.717) is 17.0 Å². The van der Waals surface area contributed by atoms with Crippen LogP contribution >= 0.6 is 0 Å². The fraction of sp³-hybridized carbons (Fsp3) is 0.211.